The molecule has 1 heterocycles. The zero-order chi connectivity index (χ0) is 27.6. The largest absolute Gasteiger partial charge is 0.462 e. The van der Waals surface area contributed by atoms with Crippen molar-refractivity contribution in [2.45, 2.75) is 24.0 Å². The molecular formula is C31H28N2O4S2. The number of esters is 1. The Morgan fingerprint density at radius 1 is 0.949 bits per heavy atom. The summed E-state index contributed by atoms with van der Waals surface area (Å²) in [6.07, 6.45) is 3.23. The van der Waals surface area contributed by atoms with Crippen LogP contribution in [0.5, 0.6) is 0 Å². The number of benzene rings is 3. The molecule has 0 aliphatic rings. The lowest BCUT2D eigenvalue weighted by Crippen LogP contribution is -2.23. The summed E-state index contributed by atoms with van der Waals surface area (Å²) in [5.41, 5.74) is 3.51. The quantitative estimate of drug-likeness (QED) is 0.121. The van der Waals surface area contributed by atoms with Gasteiger partial charge in [0.2, 0.25) is 11.8 Å². The van der Waals surface area contributed by atoms with Crippen LogP contribution in [0.25, 0.3) is 17.2 Å². The van der Waals surface area contributed by atoms with Crippen LogP contribution < -0.4 is 10.6 Å². The smallest absolute Gasteiger partial charge is 0.341 e. The Morgan fingerprint density at radius 3 is 2.38 bits per heavy atom. The van der Waals surface area contributed by atoms with Crippen molar-refractivity contribution in [3.63, 3.8) is 0 Å². The number of ether oxygens (including phenoxy) is 1. The molecule has 8 heteroatoms. The summed E-state index contributed by atoms with van der Waals surface area (Å²) < 4.78 is 5.29. The number of rotatable bonds is 10. The monoisotopic (exact) mass is 556 g/mol. The first-order valence-corrected chi connectivity index (χ1v) is 14.2. The van der Waals surface area contributed by atoms with Crippen LogP contribution in [0.4, 0.5) is 10.7 Å². The molecule has 6 nitrogen and oxygen atoms in total. The van der Waals surface area contributed by atoms with E-state index in [0.29, 0.717) is 16.3 Å². The zero-order valence-electron chi connectivity index (χ0n) is 21.5. The van der Waals surface area contributed by atoms with Gasteiger partial charge in [-0.15, -0.1) is 23.1 Å². The molecule has 198 valence electrons. The van der Waals surface area contributed by atoms with E-state index in [1.807, 2.05) is 84.2 Å². The van der Waals surface area contributed by atoms with E-state index in [2.05, 4.69) is 10.6 Å². The molecule has 1 atom stereocenters. The van der Waals surface area contributed by atoms with Gasteiger partial charge in [0.05, 0.1) is 11.9 Å². The summed E-state index contributed by atoms with van der Waals surface area (Å²) in [6.45, 7) is 3.78. The lowest BCUT2D eigenvalue weighted by molar-refractivity contribution is -0.115. The summed E-state index contributed by atoms with van der Waals surface area (Å²) >= 11 is 2.65. The first-order valence-electron chi connectivity index (χ1n) is 12.4. The fraction of sp³-hybridized carbons (Fsp3) is 0.129. The summed E-state index contributed by atoms with van der Waals surface area (Å²) in [6, 6.07) is 26.4. The van der Waals surface area contributed by atoms with Crippen LogP contribution in [0.2, 0.25) is 0 Å². The van der Waals surface area contributed by atoms with Gasteiger partial charge in [0.25, 0.3) is 0 Å². The number of anilines is 2. The number of hydrogen-bond acceptors (Lipinski definition) is 6. The minimum absolute atomic E-state index is 0.234. The number of amides is 2. The molecule has 0 fully saturated rings. The van der Waals surface area contributed by atoms with Gasteiger partial charge in [0, 0.05) is 27.6 Å². The van der Waals surface area contributed by atoms with Crippen molar-refractivity contribution in [2.24, 2.45) is 0 Å². The van der Waals surface area contributed by atoms with E-state index < -0.39 is 11.2 Å². The lowest BCUT2D eigenvalue weighted by Gasteiger charge is -2.13. The summed E-state index contributed by atoms with van der Waals surface area (Å²) in [5.74, 6) is -0.963. The molecule has 4 aromatic rings. The Labute approximate surface area is 236 Å². The first kappa shape index (κ1) is 27.9. The second kappa shape index (κ2) is 13.6. The van der Waals surface area contributed by atoms with Crippen molar-refractivity contribution in [1.82, 2.24) is 0 Å². The molecule has 4 rings (SSSR count). The Balaban J connectivity index is 1.42. The Bertz CT molecular complexity index is 1470. The SMILES string of the molecule is CCOC(=O)c1c(-c2ccccc2)csc1NC(=O)C(C)Sc1cccc(NC(=O)/C=C/c2ccccc2)c1. The lowest BCUT2D eigenvalue weighted by atomic mass is 10.0. The number of hydrogen-bond donors (Lipinski definition) is 2. The highest BCUT2D eigenvalue weighted by atomic mass is 32.2. The molecule has 1 aromatic heterocycles. The third kappa shape index (κ3) is 7.69. The van der Waals surface area contributed by atoms with E-state index >= 15 is 0 Å². The van der Waals surface area contributed by atoms with E-state index in [1.54, 1.807) is 26.0 Å². The molecule has 2 N–H and O–H groups in total. The van der Waals surface area contributed by atoms with Crippen LogP contribution in [0.3, 0.4) is 0 Å². The third-order valence-corrected chi connectivity index (χ3v) is 7.59. The van der Waals surface area contributed by atoms with Gasteiger partial charge < -0.3 is 15.4 Å². The average Bonchev–Trinajstić information content (AvgIpc) is 3.37. The Hall–Kier alpha value is -4.14. The maximum absolute atomic E-state index is 13.1. The third-order valence-electron chi connectivity index (χ3n) is 5.60. The van der Waals surface area contributed by atoms with Crippen LogP contribution in [-0.2, 0) is 14.3 Å². The van der Waals surface area contributed by atoms with Gasteiger partial charge in [0.15, 0.2) is 0 Å². The van der Waals surface area contributed by atoms with Crippen molar-refractivity contribution in [3.05, 3.63) is 108 Å². The Morgan fingerprint density at radius 2 is 1.67 bits per heavy atom. The van der Waals surface area contributed by atoms with Crippen molar-refractivity contribution in [2.75, 3.05) is 17.2 Å². The van der Waals surface area contributed by atoms with E-state index in [1.165, 1.54) is 29.2 Å². The number of thiophene rings is 1. The van der Waals surface area contributed by atoms with Crippen molar-refractivity contribution in [3.8, 4) is 11.1 Å². The normalized spacial score (nSPS) is 11.6. The van der Waals surface area contributed by atoms with E-state index in [4.69, 9.17) is 4.74 Å². The van der Waals surface area contributed by atoms with Gasteiger partial charge in [-0.1, -0.05) is 66.7 Å². The highest BCUT2D eigenvalue weighted by Gasteiger charge is 2.24. The highest BCUT2D eigenvalue weighted by Crippen LogP contribution is 2.37. The zero-order valence-corrected chi connectivity index (χ0v) is 23.2. The molecule has 0 bridgehead atoms. The van der Waals surface area contributed by atoms with Crippen LogP contribution in [-0.4, -0.2) is 29.6 Å². The summed E-state index contributed by atoms with van der Waals surface area (Å²) in [7, 11) is 0. The fourth-order valence-electron chi connectivity index (χ4n) is 3.72. The van der Waals surface area contributed by atoms with Crippen molar-refractivity contribution in [1.29, 1.82) is 0 Å². The molecule has 0 aliphatic carbocycles. The minimum atomic E-state index is -0.474. The molecule has 39 heavy (non-hydrogen) atoms. The predicted molar refractivity (Wildman–Crippen MR) is 160 cm³/mol. The van der Waals surface area contributed by atoms with Gasteiger partial charge in [-0.05, 0) is 49.2 Å². The first-order chi connectivity index (χ1) is 18.9. The number of carbonyl (C=O) groups excluding carboxylic acids is 3. The van der Waals surface area contributed by atoms with Crippen LogP contribution in [0.15, 0.2) is 101 Å². The molecule has 2 amide bonds. The van der Waals surface area contributed by atoms with Gasteiger partial charge in [-0.25, -0.2) is 4.79 Å². The van der Waals surface area contributed by atoms with Crippen molar-refractivity contribution >= 4 is 57.6 Å². The predicted octanol–water partition coefficient (Wildman–Crippen LogP) is 7.36. The number of nitrogens with one attached hydrogen (secondary N) is 2. The number of thioether (sulfide) groups is 1. The topological polar surface area (TPSA) is 84.5 Å². The van der Waals surface area contributed by atoms with Gasteiger partial charge in [-0.3, -0.25) is 9.59 Å². The molecule has 1 unspecified atom stereocenters. The molecular weight excluding hydrogens is 528 g/mol. The average molecular weight is 557 g/mol. The van der Waals surface area contributed by atoms with Crippen LogP contribution in [0, 0.1) is 0 Å². The molecule has 0 saturated heterocycles. The minimum Gasteiger partial charge on any atom is -0.462 e. The fourth-order valence-corrected chi connectivity index (χ4v) is 5.61. The molecule has 3 aromatic carbocycles. The van der Waals surface area contributed by atoms with Crippen molar-refractivity contribution < 1.29 is 19.1 Å². The molecule has 0 radical (unpaired) electrons. The summed E-state index contributed by atoms with van der Waals surface area (Å²) in [4.78, 5) is 39.1. The van der Waals surface area contributed by atoms with Crippen LogP contribution >= 0.6 is 23.1 Å². The molecule has 0 spiro atoms. The van der Waals surface area contributed by atoms with Gasteiger partial charge in [0.1, 0.15) is 10.6 Å². The Kier molecular flexibility index (Phi) is 9.72. The maximum atomic E-state index is 13.1. The van der Waals surface area contributed by atoms with Gasteiger partial charge >= 0.3 is 5.97 Å². The molecule has 0 saturated carbocycles. The van der Waals surface area contributed by atoms with E-state index in [9.17, 15) is 14.4 Å². The van der Waals surface area contributed by atoms with E-state index in [0.717, 1.165) is 21.6 Å². The summed E-state index contributed by atoms with van der Waals surface area (Å²) in [5, 5.41) is 7.62. The standard InChI is InChI=1S/C31H28N2O4S2/c1-3-37-31(36)28-26(23-13-8-5-9-14-23)20-38-30(28)33-29(35)21(2)39-25-16-10-15-24(19-25)32-27(34)18-17-22-11-6-4-7-12-22/h4-21H,3H2,1-2H3,(H,32,34)(H,33,35)/b18-17+. The number of carbonyl (C=O) groups is 3. The van der Waals surface area contributed by atoms with Gasteiger partial charge in [-0.2, -0.15) is 0 Å². The molecule has 0 aliphatic heterocycles. The second-order valence-electron chi connectivity index (χ2n) is 8.45. The highest BCUT2D eigenvalue weighted by molar-refractivity contribution is 8.00. The second-order valence-corrected chi connectivity index (χ2v) is 10.7. The maximum Gasteiger partial charge on any atom is 0.341 e. The van der Waals surface area contributed by atoms with E-state index in [-0.39, 0.29) is 18.4 Å². The van der Waals surface area contributed by atoms with Crippen LogP contribution in [0.1, 0.15) is 29.8 Å².